The summed E-state index contributed by atoms with van der Waals surface area (Å²) in [5.74, 6) is -0.207. The highest BCUT2D eigenvalue weighted by atomic mass is 35.5. The predicted octanol–water partition coefficient (Wildman–Crippen LogP) is 3.96. The summed E-state index contributed by atoms with van der Waals surface area (Å²) < 4.78 is 0. The van der Waals surface area contributed by atoms with Gasteiger partial charge in [0, 0.05) is 36.8 Å². The minimum atomic E-state index is -0.176. The number of carbonyl (C=O) groups is 2. The Morgan fingerprint density at radius 3 is 2.63 bits per heavy atom. The van der Waals surface area contributed by atoms with Gasteiger partial charge < -0.3 is 15.1 Å². The fourth-order valence-electron chi connectivity index (χ4n) is 3.75. The maximum Gasteiger partial charge on any atom is 0.253 e. The minimum absolute atomic E-state index is 0.0136. The van der Waals surface area contributed by atoms with Gasteiger partial charge in [0.1, 0.15) is 0 Å². The molecule has 3 rings (SSSR count). The SMILES string of the molecule is CCN(C)Cc1cccc(CNC(=O)C2CCCN(C(=O)c3ccc(Cl)cc3)C2)c1. The lowest BCUT2D eigenvalue weighted by Gasteiger charge is -2.32. The zero-order valence-corrected chi connectivity index (χ0v) is 18.5. The van der Waals surface area contributed by atoms with E-state index in [-0.39, 0.29) is 17.7 Å². The number of hydrogen-bond donors (Lipinski definition) is 1. The van der Waals surface area contributed by atoms with E-state index in [9.17, 15) is 9.59 Å². The summed E-state index contributed by atoms with van der Waals surface area (Å²) in [6, 6.07) is 15.2. The molecule has 2 aromatic rings. The molecule has 0 bridgehead atoms. The van der Waals surface area contributed by atoms with Crippen molar-refractivity contribution >= 4 is 23.4 Å². The van der Waals surface area contributed by atoms with Crippen LogP contribution < -0.4 is 5.32 Å². The predicted molar refractivity (Wildman–Crippen MR) is 120 cm³/mol. The summed E-state index contributed by atoms with van der Waals surface area (Å²) >= 11 is 5.91. The van der Waals surface area contributed by atoms with Crippen molar-refractivity contribution in [2.24, 2.45) is 5.92 Å². The maximum atomic E-state index is 12.8. The number of carbonyl (C=O) groups excluding carboxylic acids is 2. The van der Waals surface area contributed by atoms with E-state index in [2.05, 4.69) is 36.3 Å². The van der Waals surface area contributed by atoms with Crippen molar-refractivity contribution in [1.82, 2.24) is 15.1 Å². The topological polar surface area (TPSA) is 52.7 Å². The summed E-state index contributed by atoms with van der Waals surface area (Å²) in [7, 11) is 2.09. The average molecular weight is 428 g/mol. The molecule has 1 aliphatic heterocycles. The van der Waals surface area contributed by atoms with Gasteiger partial charge in [-0.3, -0.25) is 9.59 Å². The molecule has 1 unspecified atom stereocenters. The van der Waals surface area contributed by atoms with Crippen LogP contribution in [-0.4, -0.2) is 48.3 Å². The number of hydrogen-bond acceptors (Lipinski definition) is 3. The molecule has 0 saturated carbocycles. The number of nitrogens with zero attached hydrogens (tertiary/aromatic N) is 2. The Bertz CT molecular complexity index is 869. The van der Waals surface area contributed by atoms with Gasteiger partial charge in [-0.2, -0.15) is 0 Å². The lowest BCUT2D eigenvalue weighted by atomic mass is 9.96. The Labute approximate surface area is 184 Å². The first-order valence-electron chi connectivity index (χ1n) is 10.5. The summed E-state index contributed by atoms with van der Waals surface area (Å²) in [5.41, 5.74) is 2.94. The first-order chi connectivity index (χ1) is 14.5. The molecule has 0 radical (unpaired) electrons. The first kappa shape index (κ1) is 22.3. The molecule has 0 aliphatic carbocycles. The van der Waals surface area contributed by atoms with E-state index in [1.54, 1.807) is 29.2 Å². The number of halogens is 1. The van der Waals surface area contributed by atoms with E-state index in [0.29, 0.717) is 30.2 Å². The van der Waals surface area contributed by atoms with Crippen molar-refractivity contribution in [1.29, 1.82) is 0 Å². The first-order valence-corrected chi connectivity index (χ1v) is 10.9. The van der Waals surface area contributed by atoms with Crippen molar-refractivity contribution in [2.75, 3.05) is 26.7 Å². The zero-order valence-electron chi connectivity index (χ0n) is 17.7. The molecule has 1 atom stereocenters. The van der Waals surface area contributed by atoms with Gasteiger partial charge in [0.2, 0.25) is 5.91 Å². The fraction of sp³-hybridized carbons (Fsp3) is 0.417. The third-order valence-electron chi connectivity index (χ3n) is 5.62. The summed E-state index contributed by atoms with van der Waals surface area (Å²) in [6.07, 6.45) is 1.63. The number of nitrogens with one attached hydrogen (secondary N) is 1. The molecule has 0 spiro atoms. The van der Waals surface area contributed by atoms with Crippen LogP contribution in [0.2, 0.25) is 5.02 Å². The van der Waals surface area contributed by atoms with Gasteiger partial charge in [-0.1, -0.05) is 42.8 Å². The summed E-state index contributed by atoms with van der Waals surface area (Å²) in [6.45, 7) is 5.66. The molecule has 0 aromatic heterocycles. The van der Waals surface area contributed by atoms with Gasteiger partial charge >= 0.3 is 0 Å². The molecule has 1 fully saturated rings. The van der Waals surface area contributed by atoms with Crippen LogP contribution >= 0.6 is 11.6 Å². The van der Waals surface area contributed by atoms with Crippen molar-refractivity contribution in [3.63, 3.8) is 0 Å². The molecular weight excluding hydrogens is 398 g/mol. The molecule has 1 aliphatic rings. The Kier molecular flexibility index (Phi) is 7.88. The highest BCUT2D eigenvalue weighted by Crippen LogP contribution is 2.20. The highest BCUT2D eigenvalue weighted by molar-refractivity contribution is 6.30. The Hall–Kier alpha value is -2.37. The highest BCUT2D eigenvalue weighted by Gasteiger charge is 2.28. The Morgan fingerprint density at radius 1 is 1.17 bits per heavy atom. The van der Waals surface area contributed by atoms with Gasteiger partial charge in [-0.15, -0.1) is 0 Å². The van der Waals surface area contributed by atoms with Gasteiger partial charge in [-0.25, -0.2) is 0 Å². The van der Waals surface area contributed by atoms with Crippen LogP contribution in [0.4, 0.5) is 0 Å². The maximum absolute atomic E-state index is 12.8. The molecule has 6 heteroatoms. The van der Waals surface area contributed by atoms with Crippen LogP contribution in [0.25, 0.3) is 0 Å². The van der Waals surface area contributed by atoms with E-state index in [1.165, 1.54) is 5.56 Å². The van der Waals surface area contributed by atoms with Crippen LogP contribution in [0.1, 0.15) is 41.3 Å². The van der Waals surface area contributed by atoms with Crippen molar-refractivity contribution in [2.45, 2.75) is 32.9 Å². The van der Waals surface area contributed by atoms with E-state index < -0.39 is 0 Å². The van der Waals surface area contributed by atoms with Crippen LogP contribution in [-0.2, 0) is 17.9 Å². The third-order valence-corrected chi connectivity index (χ3v) is 5.87. The molecule has 2 aromatic carbocycles. The lowest BCUT2D eigenvalue weighted by Crippen LogP contribution is -2.45. The quantitative estimate of drug-likeness (QED) is 0.727. The summed E-state index contributed by atoms with van der Waals surface area (Å²) in [4.78, 5) is 29.5. The van der Waals surface area contributed by atoms with Crippen LogP contribution in [0.3, 0.4) is 0 Å². The van der Waals surface area contributed by atoms with E-state index in [0.717, 1.165) is 31.5 Å². The number of piperidine rings is 1. The molecule has 1 saturated heterocycles. The van der Waals surface area contributed by atoms with Gasteiger partial charge in [0.05, 0.1) is 5.92 Å². The van der Waals surface area contributed by atoms with Crippen LogP contribution in [0.15, 0.2) is 48.5 Å². The lowest BCUT2D eigenvalue weighted by molar-refractivity contribution is -0.126. The van der Waals surface area contributed by atoms with Crippen LogP contribution in [0, 0.1) is 5.92 Å². The second kappa shape index (κ2) is 10.6. The molecule has 30 heavy (non-hydrogen) atoms. The average Bonchev–Trinajstić information content (AvgIpc) is 2.77. The van der Waals surface area contributed by atoms with Crippen molar-refractivity contribution < 1.29 is 9.59 Å². The molecule has 2 amide bonds. The van der Waals surface area contributed by atoms with Crippen LogP contribution in [0.5, 0.6) is 0 Å². The van der Waals surface area contributed by atoms with Gasteiger partial charge in [-0.05, 0) is 61.8 Å². The minimum Gasteiger partial charge on any atom is -0.352 e. The molecular formula is C24H30ClN3O2. The number of amides is 2. The standard InChI is InChI=1S/C24H30ClN3O2/c1-3-27(2)16-19-7-4-6-18(14-19)15-26-23(29)21-8-5-13-28(17-21)24(30)20-9-11-22(25)12-10-20/h4,6-7,9-12,14,21H,3,5,8,13,15-17H2,1-2H3,(H,26,29). The molecule has 160 valence electrons. The van der Waals surface area contributed by atoms with Crippen molar-refractivity contribution in [3.8, 4) is 0 Å². The van der Waals surface area contributed by atoms with E-state index in [4.69, 9.17) is 11.6 Å². The molecule has 1 N–H and O–H groups in total. The second-order valence-electron chi connectivity index (χ2n) is 7.97. The largest absolute Gasteiger partial charge is 0.352 e. The van der Waals surface area contributed by atoms with E-state index in [1.807, 2.05) is 12.1 Å². The van der Waals surface area contributed by atoms with E-state index >= 15 is 0 Å². The normalized spacial score (nSPS) is 16.5. The number of rotatable bonds is 7. The second-order valence-corrected chi connectivity index (χ2v) is 8.40. The van der Waals surface area contributed by atoms with Crippen molar-refractivity contribution in [3.05, 3.63) is 70.2 Å². The zero-order chi connectivity index (χ0) is 21.5. The molecule has 1 heterocycles. The Balaban J connectivity index is 1.55. The third kappa shape index (κ3) is 6.07. The van der Waals surface area contributed by atoms with Gasteiger partial charge in [0.25, 0.3) is 5.91 Å². The smallest absolute Gasteiger partial charge is 0.253 e. The van der Waals surface area contributed by atoms with Gasteiger partial charge in [0.15, 0.2) is 0 Å². The summed E-state index contributed by atoms with van der Waals surface area (Å²) in [5, 5.41) is 3.67. The molecule has 5 nitrogen and oxygen atoms in total. The monoisotopic (exact) mass is 427 g/mol. The fourth-order valence-corrected chi connectivity index (χ4v) is 3.87. The number of likely N-dealkylation sites (tertiary alicyclic amines) is 1. The Morgan fingerprint density at radius 2 is 1.90 bits per heavy atom. The number of benzene rings is 2.